The second kappa shape index (κ2) is 10.9. The Hall–Kier alpha value is -3.41. The molecule has 0 radical (unpaired) electrons. The smallest absolute Gasteiger partial charge is 0.262 e. The number of hydrogen-bond acceptors (Lipinski definition) is 4. The number of anilines is 1. The van der Waals surface area contributed by atoms with Crippen LogP contribution >= 0.6 is 0 Å². The van der Waals surface area contributed by atoms with Gasteiger partial charge in [0.15, 0.2) is 6.61 Å². The van der Waals surface area contributed by atoms with Crippen LogP contribution in [0.1, 0.15) is 89.6 Å². The molecule has 6 heteroatoms. The number of amides is 1. The van der Waals surface area contributed by atoms with Crippen LogP contribution < -0.4 is 14.8 Å². The number of carbonyl (C=O) groups excluding carboxylic acids is 1. The lowest BCUT2D eigenvalue weighted by atomic mass is 9.72. The predicted octanol–water partition coefficient (Wildman–Crippen LogP) is 8.19. The Morgan fingerprint density at radius 1 is 0.977 bits per heavy atom. The fraction of sp³-hybridized carbons (Fsp3) is 0.514. The summed E-state index contributed by atoms with van der Waals surface area (Å²) in [5.41, 5.74) is 5.20. The highest BCUT2D eigenvalue weighted by atomic mass is 19.1. The van der Waals surface area contributed by atoms with Gasteiger partial charge in [0.2, 0.25) is 0 Å². The first-order chi connectivity index (χ1) is 20.3. The van der Waals surface area contributed by atoms with E-state index in [-0.39, 0.29) is 40.7 Å². The molecule has 2 aliphatic heterocycles. The molecule has 3 atom stereocenters. The molecule has 1 amide bonds. The SMILES string of the molecule is CC(C)(CCC(C)(C)c1cccc2c1OCC(=O)N2)c1ccc(CC2CC2CC(C)(C)[C@@H]2Cc3cc(F)ccc3O2)nc1. The number of carbonyl (C=O) groups is 1. The molecule has 0 bridgehead atoms. The number of halogens is 1. The van der Waals surface area contributed by atoms with Gasteiger partial charge in [-0.3, -0.25) is 9.78 Å². The van der Waals surface area contributed by atoms with Gasteiger partial charge >= 0.3 is 0 Å². The van der Waals surface area contributed by atoms with E-state index in [4.69, 9.17) is 14.5 Å². The Bertz CT molecular complexity index is 1510. The quantitative estimate of drug-likeness (QED) is 0.261. The topological polar surface area (TPSA) is 60.5 Å². The molecular formula is C37H45FN2O3. The van der Waals surface area contributed by atoms with E-state index in [0.717, 1.165) is 60.4 Å². The number of fused-ring (bicyclic) bond motifs is 2. The maximum Gasteiger partial charge on any atom is 0.262 e. The number of aromatic nitrogens is 1. The minimum Gasteiger partial charge on any atom is -0.489 e. The Morgan fingerprint density at radius 2 is 1.77 bits per heavy atom. The van der Waals surface area contributed by atoms with Crippen LogP contribution in [-0.4, -0.2) is 23.6 Å². The Kier molecular flexibility index (Phi) is 7.55. The van der Waals surface area contributed by atoms with Gasteiger partial charge in [0.1, 0.15) is 23.4 Å². The summed E-state index contributed by atoms with van der Waals surface area (Å²) in [4.78, 5) is 16.7. The summed E-state index contributed by atoms with van der Waals surface area (Å²) in [6.45, 7) is 13.8. The van der Waals surface area contributed by atoms with Gasteiger partial charge < -0.3 is 14.8 Å². The van der Waals surface area contributed by atoms with Crippen molar-refractivity contribution < 1.29 is 18.7 Å². The number of ether oxygens (including phenoxy) is 2. The van der Waals surface area contributed by atoms with Gasteiger partial charge in [-0.1, -0.05) is 59.7 Å². The lowest BCUT2D eigenvalue weighted by molar-refractivity contribution is -0.118. The summed E-state index contributed by atoms with van der Waals surface area (Å²) >= 11 is 0. The fourth-order valence-corrected chi connectivity index (χ4v) is 7.04. The number of para-hydroxylation sites is 1. The van der Waals surface area contributed by atoms with Gasteiger partial charge in [0, 0.05) is 34.9 Å². The van der Waals surface area contributed by atoms with E-state index in [9.17, 15) is 9.18 Å². The van der Waals surface area contributed by atoms with Crippen molar-refractivity contribution in [2.75, 3.05) is 11.9 Å². The van der Waals surface area contributed by atoms with Gasteiger partial charge in [-0.15, -0.1) is 0 Å². The lowest BCUT2D eigenvalue weighted by Crippen LogP contribution is -2.33. The first-order valence-electron chi connectivity index (χ1n) is 15.8. The van der Waals surface area contributed by atoms with Crippen LogP contribution in [-0.2, 0) is 28.5 Å². The molecular weight excluding hydrogens is 539 g/mol. The van der Waals surface area contributed by atoms with Crippen LogP contribution in [0.15, 0.2) is 54.7 Å². The van der Waals surface area contributed by atoms with Crippen LogP contribution in [0.4, 0.5) is 10.1 Å². The van der Waals surface area contributed by atoms with E-state index >= 15 is 0 Å². The molecule has 1 aromatic heterocycles. The van der Waals surface area contributed by atoms with Crippen LogP contribution in [0.2, 0.25) is 0 Å². The van der Waals surface area contributed by atoms with E-state index in [1.165, 1.54) is 23.7 Å². The molecule has 1 fully saturated rings. The Labute approximate surface area is 255 Å². The maximum atomic E-state index is 13.7. The zero-order valence-electron chi connectivity index (χ0n) is 26.4. The van der Waals surface area contributed by atoms with Crippen LogP contribution in [0.25, 0.3) is 0 Å². The molecule has 3 heterocycles. The molecule has 0 spiro atoms. The normalized spacial score (nSPS) is 21.4. The van der Waals surface area contributed by atoms with Crippen molar-refractivity contribution in [1.29, 1.82) is 0 Å². The second-order valence-electron chi connectivity index (χ2n) is 15.0. The molecule has 43 heavy (non-hydrogen) atoms. The highest BCUT2D eigenvalue weighted by Crippen LogP contribution is 2.51. The van der Waals surface area contributed by atoms with E-state index < -0.39 is 0 Å². The molecule has 228 valence electrons. The van der Waals surface area contributed by atoms with Crippen molar-refractivity contribution in [1.82, 2.24) is 4.98 Å². The molecule has 5 nitrogen and oxygen atoms in total. The molecule has 6 rings (SSSR count). The van der Waals surface area contributed by atoms with Gasteiger partial charge in [-0.05, 0) is 90.7 Å². The van der Waals surface area contributed by atoms with E-state index in [1.807, 2.05) is 12.1 Å². The van der Waals surface area contributed by atoms with Crippen LogP contribution in [0.5, 0.6) is 11.5 Å². The summed E-state index contributed by atoms with van der Waals surface area (Å²) in [5.74, 6) is 2.69. The zero-order valence-corrected chi connectivity index (χ0v) is 26.4. The highest BCUT2D eigenvalue weighted by molar-refractivity contribution is 5.95. The van der Waals surface area contributed by atoms with Gasteiger partial charge in [-0.2, -0.15) is 0 Å². The third-order valence-electron chi connectivity index (χ3n) is 10.2. The summed E-state index contributed by atoms with van der Waals surface area (Å²) in [6, 6.07) is 15.4. The van der Waals surface area contributed by atoms with E-state index in [0.29, 0.717) is 11.8 Å². The average molecular weight is 585 g/mol. The number of pyridine rings is 1. The Morgan fingerprint density at radius 3 is 2.53 bits per heavy atom. The van der Waals surface area contributed by atoms with Gasteiger partial charge in [0.05, 0.1) is 5.69 Å². The highest BCUT2D eigenvalue weighted by Gasteiger charge is 2.45. The number of nitrogens with one attached hydrogen (secondary N) is 1. The van der Waals surface area contributed by atoms with E-state index in [1.54, 1.807) is 12.1 Å². The molecule has 1 N–H and O–H groups in total. The van der Waals surface area contributed by atoms with Crippen molar-refractivity contribution in [3.05, 3.63) is 82.9 Å². The largest absolute Gasteiger partial charge is 0.489 e. The van der Waals surface area contributed by atoms with Crippen LogP contribution in [0.3, 0.4) is 0 Å². The second-order valence-corrected chi connectivity index (χ2v) is 15.0. The molecule has 2 unspecified atom stereocenters. The molecule has 2 aromatic carbocycles. The van der Waals surface area contributed by atoms with Crippen molar-refractivity contribution in [2.24, 2.45) is 17.3 Å². The van der Waals surface area contributed by atoms with Crippen molar-refractivity contribution in [2.45, 2.75) is 97.0 Å². The maximum absolute atomic E-state index is 13.7. The standard InChI is InChI=1S/C37H45FN2O3/c1-35(2,14-15-36(3,4)29-8-7-9-30-34(29)42-22-33(41)40-30)26-10-12-28(39-21-26)18-23-16-25(23)20-37(5,6)32-19-24-17-27(38)11-13-31(24)43-32/h7-13,17,21,23,25,32H,14-16,18-20,22H2,1-6H3,(H,40,41)/t23?,25?,32-/m0/s1. The minimum absolute atomic E-state index is 0.0272. The lowest BCUT2D eigenvalue weighted by Gasteiger charge is -2.34. The number of benzene rings is 2. The molecule has 1 saturated carbocycles. The summed E-state index contributed by atoms with van der Waals surface area (Å²) in [5, 5.41) is 2.94. The number of rotatable bonds is 10. The Balaban J connectivity index is 1.02. The predicted molar refractivity (Wildman–Crippen MR) is 168 cm³/mol. The van der Waals surface area contributed by atoms with E-state index in [2.05, 4.69) is 71.3 Å². The van der Waals surface area contributed by atoms with Crippen molar-refractivity contribution >= 4 is 11.6 Å². The molecule has 3 aromatic rings. The van der Waals surface area contributed by atoms with Crippen molar-refractivity contribution in [3.63, 3.8) is 0 Å². The molecule has 1 aliphatic carbocycles. The fourth-order valence-electron chi connectivity index (χ4n) is 7.04. The average Bonchev–Trinajstić information content (AvgIpc) is 3.51. The van der Waals surface area contributed by atoms with Crippen molar-refractivity contribution in [3.8, 4) is 11.5 Å². The minimum atomic E-state index is -0.188. The summed E-state index contributed by atoms with van der Waals surface area (Å²) in [7, 11) is 0. The molecule has 0 saturated heterocycles. The summed E-state index contributed by atoms with van der Waals surface area (Å²) in [6.07, 6.45) is 8.29. The molecule has 3 aliphatic rings. The third-order valence-corrected chi connectivity index (χ3v) is 10.2. The number of hydrogen-bond donors (Lipinski definition) is 1. The first-order valence-corrected chi connectivity index (χ1v) is 15.8. The monoisotopic (exact) mass is 584 g/mol. The first kappa shape index (κ1) is 29.7. The third kappa shape index (κ3) is 6.30. The van der Waals surface area contributed by atoms with Gasteiger partial charge in [0.25, 0.3) is 5.91 Å². The van der Waals surface area contributed by atoms with Crippen LogP contribution in [0, 0.1) is 23.1 Å². The van der Waals surface area contributed by atoms with Gasteiger partial charge in [-0.25, -0.2) is 4.39 Å². The zero-order chi connectivity index (χ0) is 30.6. The summed E-state index contributed by atoms with van der Waals surface area (Å²) < 4.78 is 25.8. The number of nitrogens with zero attached hydrogens (tertiary/aromatic N) is 1.